The normalized spacial score (nSPS) is 11.8. The highest BCUT2D eigenvalue weighted by molar-refractivity contribution is 5.79. The van der Waals surface area contributed by atoms with E-state index >= 15 is 0 Å². The minimum Gasteiger partial charge on any atom is -0.379 e. The average molecular weight is 274 g/mol. The fourth-order valence-corrected chi connectivity index (χ4v) is 1.36. The Morgan fingerprint density at radius 2 is 1.42 bits per heavy atom. The van der Waals surface area contributed by atoms with Gasteiger partial charge in [0.25, 0.3) is 0 Å². The van der Waals surface area contributed by atoms with Crippen LogP contribution >= 0.6 is 0 Å². The zero-order valence-corrected chi connectivity index (χ0v) is 13.0. The van der Waals surface area contributed by atoms with Crippen LogP contribution in [0.1, 0.15) is 47.0 Å². The number of ketones is 1. The Morgan fingerprint density at radius 1 is 0.895 bits per heavy atom. The maximum absolute atomic E-state index is 11.5. The molecule has 0 aliphatic rings. The fraction of sp³-hybridized carbons (Fsp3) is 0.933. The molecule has 4 nitrogen and oxygen atoms in total. The molecule has 0 saturated carbocycles. The maximum Gasteiger partial charge on any atom is 0.158 e. The van der Waals surface area contributed by atoms with Gasteiger partial charge in [0.2, 0.25) is 0 Å². The molecule has 4 heteroatoms. The summed E-state index contributed by atoms with van der Waals surface area (Å²) in [6, 6.07) is 0. The predicted molar refractivity (Wildman–Crippen MR) is 76.4 cm³/mol. The molecule has 19 heavy (non-hydrogen) atoms. The Bertz CT molecular complexity index is 221. The Kier molecular flexibility index (Phi) is 11.1. The number of carbonyl (C=O) groups excluding carboxylic acids is 1. The number of carbonyl (C=O) groups is 1. The van der Waals surface area contributed by atoms with Crippen LogP contribution < -0.4 is 0 Å². The largest absolute Gasteiger partial charge is 0.379 e. The van der Waals surface area contributed by atoms with Gasteiger partial charge in [-0.1, -0.05) is 27.7 Å². The fourth-order valence-electron chi connectivity index (χ4n) is 1.36. The number of Topliss-reactive ketones (excluding diaryl/α,β-unsaturated/α-hetero) is 1. The van der Waals surface area contributed by atoms with E-state index in [9.17, 15) is 4.79 Å². The quantitative estimate of drug-likeness (QED) is 0.513. The van der Waals surface area contributed by atoms with Crippen molar-refractivity contribution in [2.24, 2.45) is 5.41 Å². The first-order chi connectivity index (χ1) is 8.95. The van der Waals surface area contributed by atoms with Gasteiger partial charge in [0.05, 0.1) is 26.4 Å². The van der Waals surface area contributed by atoms with Crippen molar-refractivity contribution in [1.29, 1.82) is 0 Å². The highest BCUT2D eigenvalue weighted by atomic mass is 16.5. The molecule has 0 N–H and O–H groups in total. The minimum absolute atomic E-state index is 0.168. The van der Waals surface area contributed by atoms with Gasteiger partial charge in [-0.15, -0.1) is 0 Å². The standard InChI is InChI=1S/C15H30O4/c1-5-8-17-9-10-18-11-12-19-13-14(16)6-7-15(2,3)4/h5-13H2,1-4H3. The second kappa shape index (κ2) is 11.4. The lowest BCUT2D eigenvalue weighted by Crippen LogP contribution is -2.16. The van der Waals surface area contributed by atoms with Gasteiger partial charge >= 0.3 is 0 Å². The van der Waals surface area contributed by atoms with Crippen LogP contribution in [0.15, 0.2) is 0 Å². The molecule has 0 unspecified atom stereocenters. The summed E-state index contributed by atoms with van der Waals surface area (Å²) in [6.07, 6.45) is 2.52. The molecule has 0 aliphatic carbocycles. The summed E-state index contributed by atoms with van der Waals surface area (Å²) in [5.41, 5.74) is 0.206. The molecule has 0 radical (unpaired) electrons. The van der Waals surface area contributed by atoms with Crippen molar-refractivity contribution in [3.8, 4) is 0 Å². The predicted octanol–water partition coefficient (Wildman–Crippen LogP) is 2.84. The zero-order chi connectivity index (χ0) is 14.6. The molecule has 114 valence electrons. The third-order valence-corrected chi connectivity index (χ3v) is 2.51. The number of rotatable bonds is 12. The van der Waals surface area contributed by atoms with E-state index in [-0.39, 0.29) is 17.8 Å². The molecule has 0 aliphatic heterocycles. The Hall–Kier alpha value is -0.450. The van der Waals surface area contributed by atoms with Crippen LogP contribution in [-0.2, 0) is 19.0 Å². The lowest BCUT2D eigenvalue weighted by atomic mass is 9.90. The van der Waals surface area contributed by atoms with Gasteiger partial charge in [0.1, 0.15) is 6.61 Å². The van der Waals surface area contributed by atoms with Gasteiger partial charge < -0.3 is 14.2 Å². The van der Waals surface area contributed by atoms with E-state index in [0.717, 1.165) is 19.4 Å². The average Bonchev–Trinajstić information content (AvgIpc) is 2.33. The molecule has 0 heterocycles. The van der Waals surface area contributed by atoms with Crippen molar-refractivity contribution in [2.45, 2.75) is 47.0 Å². The topological polar surface area (TPSA) is 44.8 Å². The van der Waals surface area contributed by atoms with Crippen LogP contribution in [0, 0.1) is 5.41 Å². The lowest BCUT2D eigenvalue weighted by molar-refractivity contribution is -0.124. The third kappa shape index (κ3) is 15.5. The van der Waals surface area contributed by atoms with Crippen LogP contribution in [0.3, 0.4) is 0 Å². The zero-order valence-electron chi connectivity index (χ0n) is 13.0. The van der Waals surface area contributed by atoms with Crippen LogP contribution in [0.4, 0.5) is 0 Å². The molecule has 0 aromatic heterocycles. The molecule has 0 saturated heterocycles. The van der Waals surface area contributed by atoms with Crippen molar-refractivity contribution in [1.82, 2.24) is 0 Å². The summed E-state index contributed by atoms with van der Waals surface area (Å²) in [5, 5.41) is 0. The van der Waals surface area contributed by atoms with Crippen molar-refractivity contribution < 1.29 is 19.0 Å². The third-order valence-electron chi connectivity index (χ3n) is 2.51. The van der Waals surface area contributed by atoms with Gasteiger partial charge in [0, 0.05) is 13.0 Å². The highest BCUT2D eigenvalue weighted by Gasteiger charge is 2.12. The second-order valence-electron chi connectivity index (χ2n) is 5.88. The molecule has 0 aromatic carbocycles. The van der Waals surface area contributed by atoms with Crippen molar-refractivity contribution in [3.63, 3.8) is 0 Å². The van der Waals surface area contributed by atoms with E-state index in [2.05, 4.69) is 27.7 Å². The first-order valence-electron chi connectivity index (χ1n) is 7.20. The minimum atomic E-state index is 0.168. The van der Waals surface area contributed by atoms with Crippen LogP contribution in [0.2, 0.25) is 0 Å². The van der Waals surface area contributed by atoms with E-state index in [4.69, 9.17) is 14.2 Å². The SMILES string of the molecule is CCCOCCOCCOCC(=O)CCC(C)(C)C. The van der Waals surface area contributed by atoms with Crippen LogP contribution in [0.5, 0.6) is 0 Å². The number of hydrogen-bond donors (Lipinski definition) is 0. The molecule has 0 spiro atoms. The van der Waals surface area contributed by atoms with E-state index in [1.807, 2.05) is 0 Å². The van der Waals surface area contributed by atoms with E-state index in [1.165, 1.54) is 0 Å². The summed E-state index contributed by atoms with van der Waals surface area (Å²) in [7, 11) is 0. The number of hydrogen-bond acceptors (Lipinski definition) is 4. The van der Waals surface area contributed by atoms with Gasteiger partial charge in [-0.25, -0.2) is 0 Å². The van der Waals surface area contributed by atoms with Crippen molar-refractivity contribution in [2.75, 3.05) is 39.6 Å². The molecule has 0 bridgehead atoms. The molecule has 0 atom stereocenters. The van der Waals surface area contributed by atoms with Gasteiger partial charge in [0.15, 0.2) is 5.78 Å². The van der Waals surface area contributed by atoms with Gasteiger partial charge in [-0.2, -0.15) is 0 Å². The molecule has 0 rings (SSSR count). The smallest absolute Gasteiger partial charge is 0.158 e. The molecule has 0 amide bonds. The summed E-state index contributed by atoms with van der Waals surface area (Å²) < 4.78 is 15.9. The van der Waals surface area contributed by atoms with Crippen LogP contribution in [0.25, 0.3) is 0 Å². The first kappa shape index (κ1) is 18.6. The summed E-state index contributed by atoms with van der Waals surface area (Å²) in [6.45, 7) is 11.6. The molecule has 0 fully saturated rings. The Balaban J connectivity index is 3.23. The summed E-state index contributed by atoms with van der Waals surface area (Å²) in [4.78, 5) is 11.5. The molecular weight excluding hydrogens is 244 g/mol. The number of ether oxygens (including phenoxy) is 3. The first-order valence-corrected chi connectivity index (χ1v) is 7.20. The Labute approximate surface area is 117 Å². The van der Waals surface area contributed by atoms with Crippen molar-refractivity contribution in [3.05, 3.63) is 0 Å². The van der Waals surface area contributed by atoms with E-state index in [1.54, 1.807) is 0 Å². The maximum atomic E-state index is 11.5. The van der Waals surface area contributed by atoms with E-state index < -0.39 is 0 Å². The summed E-state index contributed by atoms with van der Waals surface area (Å²) >= 11 is 0. The highest BCUT2D eigenvalue weighted by Crippen LogP contribution is 2.20. The van der Waals surface area contributed by atoms with E-state index in [0.29, 0.717) is 32.8 Å². The van der Waals surface area contributed by atoms with Crippen LogP contribution in [-0.4, -0.2) is 45.4 Å². The monoisotopic (exact) mass is 274 g/mol. The Morgan fingerprint density at radius 3 is 1.95 bits per heavy atom. The summed E-state index contributed by atoms with van der Waals surface area (Å²) in [5.74, 6) is 0.168. The lowest BCUT2D eigenvalue weighted by Gasteiger charge is -2.16. The van der Waals surface area contributed by atoms with Gasteiger partial charge in [-0.05, 0) is 18.3 Å². The second-order valence-corrected chi connectivity index (χ2v) is 5.88. The van der Waals surface area contributed by atoms with Crippen molar-refractivity contribution >= 4 is 5.78 Å². The molecular formula is C15H30O4. The van der Waals surface area contributed by atoms with Gasteiger partial charge in [-0.3, -0.25) is 4.79 Å². The molecule has 0 aromatic rings.